The molecule has 0 saturated heterocycles. The van der Waals surface area contributed by atoms with E-state index in [2.05, 4.69) is 0 Å². The van der Waals surface area contributed by atoms with E-state index in [-0.39, 0.29) is 24.4 Å². The molecule has 76 valence electrons. The lowest BCUT2D eigenvalue weighted by Gasteiger charge is -2.26. The fraction of sp³-hybridized carbons (Fsp3) is 0.571. The highest BCUT2D eigenvalue weighted by atomic mass is 35.5. The Kier molecular flexibility index (Phi) is 3.81. The lowest BCUT2D eigenvalue weighted by molar-refractivity contribution is -0.133. The molecule has 13 heavy (non-hydrogen) atoms. The van der Waals surface area contributed by atoms with Crippen molar-refractivity contribution in [1.29, 1.82) is 0 Å². The van der Waals surface area contributed by atoms with Gasteiger partial charge < -0.3 is 10.8 Å². The maximum atomic E-state index is 12.7. The first-order chi connectivity index (χ1) is 5.43. The second kappa shape index (κ2) is 4.02. The van der Waals surface area contributed by atoms with Gasteiger partial charge in [-0.3, -0.25) is 0 Å². The normalized spacial score (nSPS) is 25.8. The molecule has 0 fully saturated rings. The Morgan fingerprint density at radius 1 is 1.69 bits per heavy atom. The highest BCUT2D eigenvalue weighted by Crippen LogP contribution is 2.31. The van der Waals surface area contributed by atoms with Gasteiger partial charge in [-0.05, 0) is 0 Å². The largest absolute Gasteiger partial charge is 0.478 e. The van der Waals surface area contributed by atoms with Gasteiger partial charge in [0.1, 0.15) is 0 Å². The molecule has 0 aromatic carbocycles. The molecule has 0 aromatic rings. The molecule has 6 heteroatoms. The van der Waals surface area contributed by atoms with Gasteiger partial charge in [0, 0.05) is 18.4 Å². The van der Waals surface area contributed by atoms with Gasteiger partial charge >= 0.3 is 5.97 Å². The van der Waals surface area contributed by atoms with Gasteiger partial charge in [0.2, 0.25) is 0 Å². The van der Waals surface area contributed by atoms with Crippen LogP contribution in [0, 0.1) is 0 Å². The van der Waals surface area contributed by atoms with Crippen LogP contribution in [-0.4, -0.2) is 23.0 Å². The van der Waals surface area contributed by atoms with E-state index in [0.29, 0.717) is 0 Å². The molecule has 0 radical (unpaired) electrons. The highest BCUT2D eigenvalue weighted by Gasteiger charge is 2.40. The molecule has 1 rings (SSSR count). The zero-order valence-corrected chi connectivity index (χ0v) is 7.48. The first-order valence-corrected chi connectivity index (χ1v) is 3.49. The van der Waals surface area contributed by atoms with Crippen LogP contribution in [0.2, 0.25) is 0 Å². The molecular weight excluding hydrogens is 204 g/mol. The summed E-state index contributed by atoms with van der Waals surface area (Å²) >= 11 is 0. The first-order valence-electron chi connectivity index (χ1n) is 3.49. The van der Waals surface area contributed by atoms with E-state index in [4.69, 9.17) is 10.8 Å². The summed E-state index contributed by atoms with van der Waals surface area (Å²) in [5.74, 6) is -4.13. The predicted octanol–water partition coefficient (Wildman–Crippen LogP) is 1.18. The van der Waals surface area contributed by atoms with Crippen LogP contribution in [0.5, 0.6) is 0 Å². The van der Waals surface area contributed by atoms with Crippen molar-refractivity contribution in [3.05, 3.63) is 11.6 Å². The van der Waals surface area contributed by atoms with Crippen LogP contribution in [0.25, 0.3) is 0 Å². The third-order valence-corrected chi connectivity index (χ3v) is 1.88. The van der Waals surface area contributed by atoms with Gasteiger partial charge in [0.05, 0.1) is 6.04 Å². The zero-order valence-electron chi connectivity index (χ0n) is 6.67. The van der Waals surface area contributed by atoms with Crippen molar-refractivity contribution in [3.63, 3.8) is 0 Å². The van der Waals surface area contributed by atoms with Crippen molar-refractivity contribution >= 4 is 18.4 Å². The topological polar surface area (TPSA) is 63.3 Å². The summed E-state index contributed by atoms with van der Waals surface area (Å²) < 4.78 is 25.3. The number of halogens is 3. The molecule has 3 N–H and O–H groups in total. The molecule has 0 spiro atoms. The maximum Gasteiger partial charge on any atom is 0.331 e. The monoisotopic (exact) mass is 213 g/mol. The third kappa shape index (κ3) is 2.63. The Balaban J connectivity index is 0.00000144. The van der Waals surface area contributed by atoms with Crippen LogP contribution in [0.15, 0.2) is 11.6 Å². The number of carbonyl (C=O) groups is 1. The minimum absolute atomic E-state index is 0. The molecule has 0 bridgehead atoms. The van der Waals surface area contributed by atoms with Crippen molar-refractivity contribution in [2.24, 2.45) is 5.73 Å². The van der Waals surface area contributed by atoms with Gasteiger partial charge in [-0.15, -0.1) is 12.4 Å². The number of carboxylic acids is 1. The molecule has 0 saturated carbocycles. The summed E-state index contributed by atoms with van der Waals surface area (Å²) in [6.45, 7) is 0. The maximum absolute atomic E-state index is 12.7. The van der Waals surface area contributed by atoms with Crippen molar-refractivity contribution in [2.45, 2.75) is 24.8 Å². The van der Waals surface area contributed by atoms with Crippen LogP contribution < -0.4 is 5.73 Å². The van der Waals surface area contributed by atoms with E-state index in [1.54, 1.807) is 0 Å². The molecular formula is C7H10ClF2NO2. The Labute approximate surface area is 80.0 Å². The van der Waals surface area contributed by atoms with Crippen LogP contribution in [0.3, 0.4) is 0 Å². The minimum atomic E-state index is -2.96. The fourth-order valence-electron chi connectivity index (χ4n) is 1.05. The van der Waals surface area contributed by atoms with E-state index in [0.717, 1.165) is 6.08 Å². The van der Waals surface area contributed by atoms with Gasteiger partial charge in [-0.1, -0.05) is 6.08 Å². The second-order valence-corrected chi connectivity index (χ2v) is 2.81. The average Bonchev–Trinajstić information content (AvgIpc) is 1.94. The van der Waals surface area contributed by atoms with Gasteiger partial charge in [-0.2, -0.15) is 0 Å². The molecule has 1 unspecified atom stereocenters. The summed E-state index contributed by atoms with van der Waals surface area (Å²) in [5.41, 5.74) is 5.07. The fourth-order valence-corrected chi connectivity index (χ4v) is 1.05. The van der Waals surface area contributed by atoms with E-state index in [1.807, 2.05) is 0 Å². The molecule has 0 aromatic heterocycles. The van der Waals surface area contributed by atoms with E-state index in [9.17, 15) is 13.6 Å². The molecule has 0 amide bonds. The number of rotatable bonds is 1. The molecule has 0 aliphatic heterocycles. The van der Waals surface area contributed by atoms with Crippen molar-refractivity contribution in [2.75, 3.05) is 0 Å². The number of hydrogen-bond donors (Lipinski definition) is 2. The summed E-state index contributed by atoms with van der Waals surface area (Å²) in [6.07, 6.45) is 0.198. The molecule has 1 atom stereocenters. The van der Waals surface area contributed by atoms with Crippen LogP contribution in [0.4, 0.5) is 8.78 Å². The number of aliphatic carboxylic acids is 1. The third-order valence-electron chi connectivity index (χ3n) is 1.88. The minimum Gasteiger partial charge on any atom is -0.478 e. The smallest absolute Gasteiger partial charge is 0.331 e. The van der Waals surface area contributed by atoms with Crippen molar-refractivity contribution in [1.82, 2.24) is 0 Å². The summed E-state index contributed by atoms with van der Waals surface area (Å²) in [5, 5.41) is 8.46. The van der Waals surface area contributed by atoms with Crippen molar-refractivity contribution < 1.29 is 18.7 Å². The Bertz CT molecular complexity index is 243. The quantitative estimate of drug-likeness (QED) is 0.688. The molecule has 3 nitrogen and oxygen atoms in total. The first kappa shape index (κ1) is 12.3. The molecule has 1 aliphatic carbocycles. The van der Waals surface area contributed by atoms with Gasteiger partial charge in [0.25, 0.3) is 5.92 Å². The number of carboxylic acid groups (broad SMARTS) is 1. The number of nitrogens with two attached hydrogens (primary N) is 1. The predicted molar refractivity (Wildman–Crippen MR) is 45.1 cm³/mol. The van der Waals surface area contributed by atoms with Crippen LogP contribution in [-0.2, 0) is 4.79 Å². The van der Waals surface area contributed by atoms with Gasteiger partial charge in [-0.25, -0.2) is 13.6 Å². The highest BCUT2D eigenvalue weighted by molar-refractivity contribution is 5.86. The number of alkyl halides is 2. The van der Waals surface area contributed by atoms with Crippen LogP contribution >= 0.6 is 12.4 Å². The lowest BCUT2D eigenvalue weighted by atomic mass is 9.92. The number of allylic oxidation sites excluding steroid dienone is 1. The number of hydrogen-bond acceptors (Lipinski definition) is 2. The van der Waals surface area contributed by atoms with E-state index < -0.39 is 24.4 Å². The second-order valence-electron chi connectivity index (χ2n) is 2.81. The molecule has 1 aliphatic rings. The zero-order chi connectivity index (χ0) is 9.35. The summed E-state index contributed by atoms with van der Waals surface area (Å²) in [7, 11) is 0. The SMILES string of the molecule is Cl.NC1CC(C(=O)O)=CCC1(F)F. The van der Waals surface area contributed by atoms with Crippen molar-refractivity contribution in [3.8, 4) is 0 Å². The standard InChI is InChI=1S/C7H9F2NO2.ClH/c8-7(9)2-1-4(6(11)12)3-5(7)10;/h1,5H,2-3,10H2,(H,11,12);1H. The Hall–Kier alpha value is -0.680. The lowest BCUT2D eigenvalue weighted by Crippen LogP contribution is -2.43. The van der Waals surface area contributed by atoms with Crippen LogP contribution in [0.1, 0.15) is 12.8 Å². The molecule has 0 heterocycles. The average molecular weight is 214 g/mol. The summed E-state index contributed by atoms with van der Waals surface area (Å²) in [4.78, 5) is 10.3. The van der Waals surface area contributed by atoms with E-state index >= 15 is 0 Å². The Morgan fingerprint density at radius 2 is 2.23 bits per heavy atom. The van der Waals surface area contributed by atoms with E-state index in [1.165, 1.54) is 0 Å². The Morgan fingerprint density at radius 3 is 2.62 bits per heavy atom. The summed E-state index contributed by atoms with van der Waals surface area (Å²) in [6, 6.07) is -1.37. The van der Waals surface area contributed by atoms with Gasteiger partial charge in [0.15, 0.2) is 0 Å².